The molecule has 0 amide bonds. The van der Waals surface area contributed by atoms with Crippen molar-refractivity contribution >= 4 is 17.3 Å². The van der Waals surface area contributed by atoms with E-state index in [1.54, 1.807) is 0 Å². The third-order valence-electron chi connectivity index (χ3n) is 1.44. The van der Waals surface area contributed by atoms with Gasteiger partial charge >= 0.3 is 0 Å². The van der Waals surface area contributed by atoms with Gasteiger partial charge in [-0.05, 0) is 17.7 Å². The first-order valence-corrected chi connectivity index (χ1v) is 3.63. The molecule has 1 rings (SSSR count). The average Bonchev–Trinajstić information content (AvgIpc) is 2.01. The predicted octanol–water partition coefficient (Wildman–Crippen LogP) is 2.13. The lowest BCUT2D eigenvalue weighted by Gasteiger charge is -2.01. The molecular weight excluding hydrogens is 179 g/mol. The molecule has 2 nitrogen and oxygen atoms in total. The molecule has 12 heavy (non-hydrogen) atoms. The zero-order chi connectivity index (χ0) is 9.14. The van der Waals surface area contributed by atoms with Gasteiger partial charge in [-0.2, -0.15) is 5.26 Å². The molecule has 0 heterocycles. The quantitative estimate of drug-likeness (QED) is 0.680. The van der Waals surface area contributed by atoms with Crippen molar-refractivity contribution in [2.24, 2.45) is 0 Å². The van der Waals surface area contributed by atoms with E-state index in [1.165, 1.54) is 12.1 Å². The van der Waals surface area contributed by atoms with Gasteiger partial charge in [-0.25, -0.2) is 4.39 Å². The molecule has 0 atom stereocenters. The first kappa shape index (κ1) is 8.82. The Morgan fingerprint density at radius 2 is 2.25 bits per heavy atom. The summed E-state index contributed by atoms with van der Waals surface area (Å²) in [5, 5.41) is 8.67. The summed E-state index contributed by atoms with van der Waals surface area (Å²) < 4.78 is 12.8. The van der Waals surface area contributed by atoms with E-state index < -0.39 is 5.82 Å². The number of benzene rings is 1. The second kappa shape index (κ2) is 3.42. The highest BCUT2D eigenvalue weighted by Crippen LogP contribution is 2.22. The van der Waals surface area contributed by atoms with E-state index in [9.17, 15) is 4.39 Å². The Morgan fingerprint density at radius 1 is 1.58 bits per heavy atom. The van der Waals surface area contributed by atoms with Gasteiger partial charge in [0.2, 0.25) is 0 Å². The zero-order valence-electron chi connectivity index (χ0n) is 6.14. The lowest BCUT2D eigenvalue weighted by atomic mass is 10.1. The molecule has 0 radical (unpaired) electrons. The summed E-state index contributed by atoms with van der Waals surface area (Å²) in [4.78, 5) is 0. The van der Waals surface area contributed by atoms with Crippen molar-refractivity contribution in [3.63, 3.8) is 0 Å². The van der Waals surface area contributed by atoms with Crippen LogP contribution in [0.25, 0.3) is 0 Å². The van der Waals surface area contributed by atoms with Gasteiger partial charge in [0, 0.05) is 5.02 Å². The molecule has 62 valence electrons. The number of nitriles is 1. The highest BCUT2D eigenvalue weighted by atomic mass is 35.5. The SMILES string of the molecule is N#CCc1cc(F)c(N)cc1Cl. The maximum Gasteiger partial charge on any atom is 0.146 e. The number of hydrogen-bond donors (Lipinski definition) is 1. The Bertz CT molecular complexity index is 344. The van der Waals surface area contributed by atoms with Gasteiger partial charge in [0.1, 0.15) is 5.82 Å². The van der Waals surface area contributed by atoms with Gasteiger partial charge in [0.25, 0.3) is 0 Å². The Labute approximate surface area is 74.4 Å². The van der Waals surface area contributed by atoms with Crippen LogP contribution in [0.15, 0.2) is 12.1 Å². The topological polar surface area (TPSA) is 49.8 Å². The predicted molar refractivity (Wildman–Crippen MR) is 45.1 cm³/mol. The van der Waals surface area contributed by atoms with Crippen LogP contribution >= 0.6 is 11.6 Å². The molecule has 0 aliphatic carbocycles. The molecule has 2 N–H and O–H groups in total. The monoisotopic (exact) mass is 184 g/mol. The van der Waals surface area contributed by atoms with Gasteiger partial charge in [0.05, 0.1) is 18.2 Å². The highest BCUT2D eigenvalue weighted by Gasteiger charge is 2.05. The molecule has 1 aromatic rings. The molecule has 0 aromatic heterocycles. The molecule has 0 unspecified atom stereocenters. The standard InChI is InChI=1S/C8H6ClFN2/c9-6-4-8(12)7(10)3-5(6)1-2-11/h3-4H,1,12H2. The minimum atomic E-state index is -0.537. The first-order chi connectivity index (χ1) is 5.65. The number of nitrogens with two attached hydrogens (primary N) is 1. The van der Waals surface area contributed by atoms with Crippen molar-refractivity contribution < 1.29 is 4.39 Å². The molecule has 0 aliphatic rings. The van der Waals surface area contributed by atoms with Crippen LogP contribution in [-0.2, 0) is 6.42 Å². The minimum absolute atomic E-state index is 0.00156. The molecule has 0 bridgehead atoms. The molecular formula is C8H6ClFN2. The maximum absolute atomic E-state index is 12.8. The third-order valence-corrected chi connectivity index (χ3v) is 1.79. The summed E-state index contributed by atoms with van der Waals surface area (Å²) >= 11 is 5.68. The van der Waals surface area contributed by atoms with Gasteiger partial charge in [-0.3, -0.25) is 0 Å². The van der Waals surface area contributed by atoms with Crippen molar-refractivity contribution in [2.45, 2.75) is 6.42 Å². The van der Waals surface area contributed by atoms with Crippen molar-refractivity contribution in [1.29, 1.82) is 5.26 Å². The summed E-state index contributed by atoms with van der Waals surface area (Å²) in [5.41, 5.74) is 5.71. The minimum Gasteiger partial charge on any atom is -0.396 e. The van der Waals surface area contributed by atoms with Crippen LogP contribution in [0.2, 0.25) is 5.02 Å². The fraction of sp³-hybridized carbons (Fsp3) is 0.125. The summed E-state index contributed by atoms with van der Waals surface area (Å²) in [6.07, 6.45) is 0.0933. The fourth-order valence-electron chi connectivity index (χ4n) is 0.824. The van der Waals surface area contributed by atoms with Crippen molar-refractivity contribution in [2.75, 3.05) is 5.73 Å². The zero-order valence-corrected chi connectivity index (χ0v) is 6.90. The lowest BCUT2D eigenvalue weighted by Crippen LogP contribution is -1.93. The van der Waals surface area contributed by atoms with Gasteiger partial charge in [-0.1, -0.05) is 11.6 Å². The van der Waals surface area contributed by atoms with E-state index in [4.69, 9.17) is 22.6 Å². The number of anilines is 1. The maximum atomic E-state index is 12.8. The van der Waals surface area contributed by atoms with Crippen LogP contribution in [0.1, 0.15) is 5.56 Å². The Balaban J connectivity index is 3.16. The van der Waals surface area contributed by atoms with E-state index >= 15 is 0 Å². The Morgan fingerprint density at radius 3 is 2.83 bits per heavy atom. The fourth-order valence-corrected chi connectivity index (χ4v) is 1.06. The molecule has 0 saturated carbocycles. The molecule has 1 aromatic carbocycles. The van der Waals surface area contributed by atoms with Crippen LogP contribution < -0.4 is 5.73 Å². The number of rotatable bonds is 1. The summed E-state index contributed by atoms with van der Waals surface area (Å²) in [6.45, 7) is 0. The Hall–Kier alpha value is -1.27. The van der Waals surface area contributed by atoms with Crippen LogP contribution in [0.3, 0.4) is 0 Å². The van der Waals surface area contributed by atoms with Crippen LogP contribution in [-0.4, -0.2) is 0 Å². The average molecular weight is 185 g/mol. The molecule has 0 aliphatic heterocycles. The molecule has 0 spiro atoms. The van der Waals surface area contributed by atoms with E-state index in [0.717, 1.165) is 0 Å². The lowest BCUT2D eigenvalue weighted by molar-refractivity contribution is 0.631. The van der Waals surface area contributed by atoms with Gasteiger partial charge in [0.15, 0.2) is 0 Å². The van der Waals surface area contributed by atoms with E-state index in [1.807, 2.05) is 6.07 Å². The van der Waals surface area contributed by atoms with Gasteiger partial charge < -0.3 is 5.73 Å². The summed E-state index contributed by atoms with van der Waals surface area (Å²) in [7, 11) is 0. The van der Waals surface area contributed by atoms with E-state index in [0.29, 0.717) is 10.6 Å². The normalized spacial score (nSPS) is 9.42. The largest absolute Gasteiger partial charge is 0.396 e. The smallest absolute Gasteiger partial charge is 0.146 e. The van der Waals surface area contributed by atoms with E-state index in [2.05, 4.69) is 0 Å². The first-order valence-electron chi connectivity index (χ1n) is 3.25. The molecule has 0 fully saturated rings. The van der Waals surface area contributed by atoms with E-state index in [-0.39, 0.29) is 12.1 Å². The van der Waals surface area contributed by atoms with Crippen LogP contribution in [0.4, 0.5) is 10.1 Å². The van der Waals surface area contributed by atoms with Gasteiger partial charge in [-0.15, -0.1) is 0 Å². The second-order valence-electron chi connectivity index (χ2n) is 2.30. The molecule has 0 saturated heterocycles. The van der Waals surface area contributed by atoms with Crippen LogP contribution in [0.5, 0.6) is 0 Å². The third kappa shape index (κ3) is 1.66. The van der Waals surface area contributed by atoms with Crippen molar-refractivity contribution in [3.8, 4) is 6.07 Å². The van der Waals surface area contributed by atoms with Crippen molar-refractivity contribution in [1.82, 2.24) is 0 Å². The number of halogens is 2. The molecule has 4 heteroatoms. The second-order valence-corrected chi connectivity index (χ2v) is 2.71. The Kier molecular flexibility index (Phi) is 2.51. The number of nitrogen functional groups attached to an aromatic ring is 1. The summed E-state index contributed by atoms with van der Waals surface area (Å²) in [6, 6.07) is 4.37. The summed E-state index contributed by atoms with van der Waals surface area (Å²) in [5.74, 6) is -0.537. The highest BCUT2D eigenvalue weighted by molar-refractivity contribution is 6.31. The van der Waals surface area contributed by atoms with Crippen molar-refractivity contribution in [3.05, 3.63) is 28.5 Å². The van der Waals surface area contributed by atoms with Crippen LogP contribution in [0, 0.1) is 17.1 Å². The number of hydrogen-bond acceptors (Lipinski definition) is 2. The number of nitrogens with zero attached hydrogens (tertiary/aromatic N) is 1.